The average Bonchev–Trinajstić information content (AvgIpc) is 3.43. The van der Waals surface area contributed by atoms with Crippen LogP contribution in [-0.2, 0) is 16.0 Å². The van der Waals surface area contributed by atoms with Gasteiger partial charge >= 0.3 is 0 Å². The smallest absolute Gasteiger partial charge is 0.253 e. The Morgan fingerprint density at radius 3 is 2.28 bits per heavy atom. The van der Waals surface area contributed by atoms with Crippen LogP contribution in [0, 0.1) is 0 Å². The van der Waals surface area contributed by atoms with E-state index in [0.29, 0.717) is 38.2 Å². The van der Waals surface area contributed by atoms with E-state index in [1.165, 1.54) is 0 Å². The predicted molar refractivity (Wildman–Crippen MR) is 111 cm³/mol. The van der Waals surface area contributed by atoms with Crippen molar-refractivity contribution in [2.24, 2.45) is 0 Å². The molecule has 0 saturated carbocycles. The Bertz CT molecular complexity index is 795. The molecule has 3 amide bonds. The van der Waals surface area contributed by atoms with Crippen molar-refractivity contribution in [2.75, 3.05) is 57.3 Å². The number of hydrogen-bond acceptors (Lipinski definition) is 4. The van der Waals surface area contributed by atoms with Crippen LogP contribution in [0.5, 0.6) is 0 Å². The van der Waals surface area contributed by atoms with Crippen molar-refractivity contribution in [3.8, 4) is 0 Å². The molecule has 0 bridgehead atoms. The first-order valence-corrected chi connectivity index (χ1v) is 10.8. The minimum atomic E-state index is 0.0404. The van der Waals surface area contributed by atoms with E-state index < -0.39 is 0 Å². The van der Waals surface area contributed by atoms with Gasteiger partial charge in [-0.15, -0.1) is 0 Å². The molecule has 156 valence electrons. The molecule has 0 unspecified atom stereocenters. The van der Waals surface area contributed by atoms with Crippen LogP contribution in [0.4, 0.5) is 5.69 Å². The molecule has 2 saturated heterocycles. The van der Waals surface area contributed by atoms with Crippen molar-refractivity contribution < 1.29 is 14.4 Å². The van der Waals surface area contributed by atoms with Crippen LogP contribution >= 0.6 is 0 Å². The van der Waals surface area contributed by atoms with E-state index in [-0.39, 0.29) is 17.7 Å². The third-order valence-electron chi connectivity index (χ3n) is 6.30. The summed E-state index contributed by atoms with van der Waals surface area (Å²) in [6.45, 7) is 7.55. The van der Waals surface area contributed by atoms with E-state index in [2.05, 4.69) is 4.90 Å². The second kappa shape index (κ2) is 8.53. The highest BCUT2D eigenvalue weighted by molar-refractivity contribution is 5.98. The Morgan fingerprint density at radius 1 is 0.862 bits per heavy atom. The number of carbonyl (C=O) groups excluding carboxylic acids is 3. The fourth-order valence-corrected chi connectivity index (χ4v) is 4.53. The lowest BCUT2D eigenvalue weighted by Gasteiger charge is -2.35. The number of anilines is 1. The number of amides is 3. The normalized spacial score (nSPS) is 19.6. The highest BCUT2D eigenvalue weighted by Crippen LogP contribution is 2.29. The summed E-state index contributed by atoms with van der Waals surface area (Å²) >= 11 is 0. The zero-order valence-corrected chi connectivity index (χ0v) is 17.2. The van der Waals surface area contributed by atoms with Gasteiger partial charge in [-0.25, -0.2) is 0 Å². The molecule has 0 spiro atoms. The first-order valence-electron chi connectivity index (χ1n) is 10.8. The summed E-state index contributed by atoms with van der Waals surface area (Å²) in [5, 5.41) is 0. The lowest BCUT2D eigenvalue weighted by molar-refractivity contribution is -0.131. The maximum absolute atomic E-state index is 13.0. The fourth-order valence-electron chi connectivity index (χ4n) is 4.53. The molecule has 4 rings (SSSR count). The zero-order chi connectivity index (χ0) is 20.4. The van der Waals surface area contributed by atoms with Crippen molar-refractivity contribution in [3.63, 3.8) is 0 Å². The van der Waals surface area contributed by atoms with Crippen LogP contribution in [-0.4, -0.2) is 84.8 Å². The Balaban J connectivity index is 1.33. The molecule has 2 fully saturated rings. The summed E-state index contributed by atoms with van der Waals surface area (Å²) in [7, 11) is 0. The number of rotatable bonds is 4. The van der Waals surface area contributed by atoms with E-state index in [4.69, 9.17) is 0 Å². The molecule has 0 atom stereocenters. The van der Waals surface area contributed by atoms with Gasteiger partial charge in [0.1, 0.15) is 0 Å². The number of nitrogens with zero attached hydrogens (tertiary/aromatic N) is 4. The standard InChI is InChI=1S/C22H30N4O3/c1-2-20(27)26-10-7-17-15-18(5-6-19(17)26)22(29)25-13-11-23(12-14-25)16-21(28)24-8-3-4-9-24/h5-6,15H,2-4,7-14,16H2,1H3. The van der Waals surface area contributed by atoms with Crippen molar-refractivity contribution in [2.45, 2.75) is 32.6 Å². The van der Waals surface area contributed by atoms with Gasteiger partial charge in [-0.2, -0.15) is 0 Å². The van der Waals surface area contributed by atoms with E-state index in [0.717, 1.165) is 56.7 Å². The van der Waals surface area contributed by atoms with Gasteiger partial charge in [0.15, 0.2) is 0 Å². The van der Waals surface area contributed by atoms with Crippen LogP contribution in [0.15, 0.2) is 18.2 Å². The van der Waals surface area contributed by atoms with Crippen molar-refractivity contribution in [1.82, 2.24) is 14.7 Å². The molecular weight excluding hydrogens is 368 g/mol. The third-order valence-corrected chi connectivity index (χ3v) is 6.30. The van der Waals surface area contributed by atoms with Crippen molar-refractivity contribution in [3.05, 3.63) is 29.3 Å². The minimum Gasteiger partial charge on any atom is -0.342 e. The Labute approximate surface area is 172 Å². The lowest BCUT2D eigenvalue weighted by atomic mass is 10.1. The average molecular weight is 399 g/mol. The van der Waals surface area contributed by atoms with Gasteiger partial charge in [0, 0.05) is 63.5 Å². The van der Waals surface area contributed by atoms with Gasteiger partial charge in [-0.3, -0.25) is 19.3 Å². The molecule has 0 N–H and O–H groups in total. The van der Waals surface area contributed by atoms with Crippen LogP contribution in [0.2, 0.25) is 0 Å². The maximum atomic E-state index is 13.0. The summed E-state index contributed by atoms with van der Waals surface area (Å²) in [6.07, 6.45) is 3.51. The molecule has 7 heteroatoms. The molecule has 29 heavy (non-hydrogen) atoms. The van der Waals surface area contributed by atoms with Gasteiger partial charge in [0.2, 0.25) is 11.8 Å². The Morgan fingerprint density at radius 2 is 1.59 bits per heavy atom. The first kappa shape index (κ1) is 19.9. The van der Waals surface area contributed by atoms with Gasteiger partial charge in [0.05, 0.1) is 6.54 Å². The van der Waals surface area contributed by atoms with Gasteiger partial charge in [0.25, 0.3) is 5.91 Å². The van der Waals surface area contributed by atoms with Crippen LogP contribution in [0.1, 0.15) is 42.1 Å². The summed E-state index contributed by atoms with van der Waals surface area (Å²) in [5.41, 5.74) is 2.71. The molecule has 0 aromatic heterocycles. The van der Waals surface area contributed by atoms with Gasteiger partial charge in [-0.1, -0.05) is 6.92 Å². The summed E-state index contributed by atoms with van der Waals surface area (Å²) < 4.78 is 0. The quantitative estimate of drug-likeness (QED) is 0.768. The molecule has 3 heterocycles. The second-order valence-corrected chi connectivity index (χ2v) is 8.15. The van der Waals surface area contributed by atoms with E-state index in [1.807, 2.05) is 39.8 Å². The highest BCUT2D eigenvalue weighted by atomic mass is 16.2. The van der Waals surface area contributed by atoms with Crippen molar-refractivity contribution >= 4 is 23.4 Å². The molecule has 7 nitrogen and oxygen atoms in total. The fraction of sp³-hybridized carbons (Fsp3) is 0.591. The highest BCUT2D eigenvalue weighted by Gasteiger charge is 2.28. The molecule has 3 aliphatic rings. The summed E-state index contributed by atoms with van der Waals surface area (Å²) in [6, 6.07) is 5.70. The second-order valence-electron chi connectivity index (χ2n) is 8.15. The molecular formula is C22H30N4O3. The van der Waals surface area contributed by atoms with Gasteiger partial charge in [-0.05, 0) is 43.0 Å². The third kappa shape index (κ3) is 4.15. The first-order chi connectivity index (χ1) is 14.1. The SMILES string of the molecule is CCC(=O)N1CCc2cc(C(=O)N3CCN(CC(=O)N4CCCC4)CC3)ccc21. The van der Waals surface area contributed by atoms with Crippen molar-refractivity contribution in [1.29, 1.82) is 0 Å². The number of piperazine rings is 1. The topological polar surface area (TPSA) is 64.2 Å². The van der Waals surface area contributed by atoms with Gasteiger partial charge < -0.3 is 14.7 Å². The zero-order valence-electron chi connectivity index (χ0n) is 17.2. The molecule has 1 aromatic rings. The van der Waals surface area contributed by atoms with E-state index in [9.17, 15) is 14.4 Å². The largest absolute Gasteiger partial charge is 0.342 e. The lowest BCUT2D eigenvalue weighted by Crippen LogP contribution is -2.51. The number of fused-ring (bicyclic) bond motifs is 1. The minimum absolute atomic E-state index is 0.0404. The molecule has 3 aliphatic heterocycles. The Hall–Kier alpha value is -2.41. The van der Waals surface area contributed by atoms with Crippen LogP contribution in [0.25, 0.3) is 0 Å². The molecule has 0 radical (unpaired) electrons. The number of carbonyl (C=O) groups is 3. The van der Waals surface area contributed by atoms with Crippen LogP contribution < -0.4 is 4.90 Å². The number of hydrogen-bond donors (Lipinski definition) is 0. The molecule has 0 aliphatic carbocycles. The van der Waals surface area contributed by atoms with E-state index in [1.54, 1.807) is 0 Å². The number of benzene rings is 1. The summed E-state index contributed by atoms with van der Waals surface area (Å²) in [5.74, 6) is 0.382. The monoisotopic (exact) mass is 398 g/mol. The molecule has 1 aromatic carbocycles. The maximum Gasteiger partial charge on any atom is 0.253 e. The summed E-state index contributed by atoms with van der Waals surface area (Å²) in [4.78, 5) is 45.1. The van der Waals surface area contributed by atoms with E-state index >= 15 is 0 Å². The predicted octanol–water partition coefficient (Wildman–Crippen LogP) is 1.37. The Kier molecular flexibility index (Phi) is 5.85. The van der Waals surface area contributed by atoms with Crippen LogP contribution in [0.3, 0.4) is 0 Å². The number of likely N-dealkylation sites (tertiary alicyclic amines) is 1.